The topological polar surface area (TPSA) is 99.5 Å². The molecule has 1 aromatic heterocycles. The highest BCUT2D eigenvalue weighted by Gasteiger charge is 2.04. The highest BCUT2D eigenvalue weighted by atomic mass is 16.4. The summed E-state index contributed by atoms with van der Waals surface area (Å²) < 4.78 is 0. The fraction of sp³-hybridized carbons (Fsp3) is 0.133. The lowest BCUT2D eigenvalue weighted by molar-refractivity contribution is -0.159. The zero-order chi connectivity index (χ0) is 15.7. The summed E-state index contributed by atoms with van der Waals surface area (Å²) in [6.45, 7) is 0.713. The molecule has 0 aliphatic carbocycles. The van der Waals surface area contributed by atoms with Crippen LogP contribution in [-0.2, 0) is 9.59 Å². The molecule has 0 amide bonds. The number of aromatic nitrogens is 1. The average molecular weight is 286 g/mol. The van der Waals surface area contributed by atoms with Crippen molar-refractivity contribution in [2.24, 2.45) is 0 Å². The van der Waals surface area contributed by atoms with Crippen molar-refractivity contribution < 1.29 is 19.8 Å². The summed E-state index contributed by atoms with van der Waals surface area (Å²) in [7, 11) is 1.89. The van der Waals surface area contributed by atoms with Crippen molar-refractivity contribution >= 4 is 22.8 Å². The molecule has 0 unspecified atom stereocenters. The Hall–Kier alpha value is -2.91. The van der Waals surface area contributed by atoms with Crippen LogP contribution in [0.5, 0.6) is 0 Å². The number of hydrogen-bond acceptors (Lipinski definition) is 4. The fourth-order valence-corrected chi connectivity index (χ4v) is 1.39. The first kappa shape index (κ1) is 16.1. The Balaban J connectivity index is 0.000000315. The van der Waals surface area contributed by atoms with Crippen LogP contribution in [0.15, 0.2) is 36.5 Å². The highest BCUT2D eigenvalue weighted by Crippen LogP contribution is 2.12. The van der Waals surface area contributed by atoms with Crippen molar-refractivity contribution in [1.29, 1.82) is 0 Å². The van der Waals surface area contributed by atoms with Gasteiger partial charge in [0.15, 0.2) is 0 Å². The Morgan fingerprint density at radius 2 is 1.95 bits per heavy atom. The molecule has 0 radical (unpaired) electrons. The van der Waals surface area contributed by atoms with Crippen LogP contribution in [0.4, 0.5) is 0 Å². The first-order valence-corrected chi connectivity index (χ1v) is 5.99. The van der Waals surface area contributed by atoms with Crippen molar-refractivity contribution in [3.63, 3.8) is 0 Å². The van der Waals surface area contributed by atoms with Crippen LogP contribution >= 0.6 is 0 Å². The Morgan fingerprint density at radius 1 is 1.24 bits per heavy atom. The van der Waals surface area contributed by atoms with Gasteiger partial charge in [0.2, 0.25) is 0 Å². The maximum atomic E-state index is 9.10. The number of nitrogens with zero attached hydrogens (tertiary/aromatic N) is 1. The Morgan fingerprint density at radius 3 is 2.57 bits per heavy atom. The van der Waals surface area contributed by atoms with Gasteiger partial charge in [-0.15, -0.1) is 0 Å². The second-order valence-corrected chi connectivity index (χ2v) is 3.85. The van der Waals surface area contributed by atoms with Crippen LogP contribution in [0.2, 0.25) is 0 Å². The molecule has 0 saturated carbocycles. The molecule has 0 aliphatic heterocycles. The van der Waals surface area contributed by atoms with E-state index in [9.17, 15) is 0 Å². The Bertz CT molecular complexity index is 689. The molecule has 1 aromatic carbocycles. The maximum absolute atomic E-state index is 9.10. The molecule has 0 spiro atoms. The molecule has 6 nitrogen and oxygen atoms in total. The smallest absolute Gasteiger partial charge is 0.414 e. The molecule has 0 fully saturated rings. The Kier molecular flexibility index (Phi) is 6.38. The zero-order valence-corrected chi connectivity index (χ0v) is 11.3. The van der Waals surface area contributed by atoms with E-state index in [-0.39, 0.29) is 0 Å². The summed E-state index contributed by atoms with van der Waals surface area (Å²) in [5.74, 6) is 2.48. The fourth-order valence-electron chi connectivity index (χ4n) is 1.39. The largest absolute Gasteiger partial charge is 0.473 e. The molecule has 6 heteroatoms. The summed E-state index contributed by atoms with van der Waals surface area (Å²) in [6.07, 6.45) is 1.80. The van der Waals surface area contributed by atoms with Crippen LogP contribution < -0.4 is 5.32 Å². The summed E-state index contributed by atoms with van der Waals surface area (Å²) in [6, 6.07) is 10.0. The minimum atomic E-state index is -1.82. The molecule has 3 N–H and O–H groups in total. The molecule has 0 atom stereocenters. The molecule has 0 bridgehead atoms. The second kappa shape index (κ2) is 8.30. The number of hydrogen-bond donors (Lipinski definition) is 3. The lowest BCUT2D eigenvalue weighted by atomic mass is 10.1. The van der Waals surface area contributed by atoms with Gasteiger partial charge in [-0.3, -0.25) is 4.98 Å². The van der Waals surface area contributed by atoms with Gasteiger partial charge in [0.25, 0.3) is 0 Å². The average Bonchev–Trinajstić information content (AvgIpc) is 2.48. The zero-order valence-electron chi connectivity index (χ0n) is 11.3. The van der Waals surface area contributed by atoms with Crippen LogP contribution in [0, 0.1) is 11.8 Å². The van der Waals surface area contributed by atoms with E-state index < -0.39 is 11.9 Å². The van der Waals surface area contributed by atoms with Gasteiger partial charge in [-0.05, 0) is 31.3 Å². The molecule has 2 rings (SSSR count). The Labute approximate surface area is 121 Å². The van der Waals surface area contributed by atoms with Gasteiger partial charge in [-0.1, -0.05) is 17.9 Å². The molecule has 1 heterocycles. The quantitative estimate of drug-likeness (QED) is 0.533. The van der Waals surface area contributed by atoms with E-state index in [4.69, 9.17) is 19.8 Å². The van der Waals surface area contributed by atoms with Crippen molar-refractivity contribution in [2.75, 3.05) is 13.6 Å². The maximum Gasteiger partial charge on any atom is 0.414 e. The number of carboxylic acid groups (broad SMARTS) is 2. The van der Waals surface area contributed by atoms with E-state index >= 15 is 0 Å². The lowest BCUT2D eigenvalue weighted by Gasteiger charge is -1.96. The van der Waals surface area contributed by atoms with Crippen LogP contribution in [0.1, 0.15) is 5.56 Å². The predicted molar refractivity (Wildman–Crippen MR) is 77.8 cm³/mol. The third-order valence-corrected chi connectivity index (χ3v) is 2.28. The normalized spacial score (nSPS) is 9.00. The number of carboxylic acids is 2. The van der Waals surface area contributed by atoms with Crippen molar-refractivity contribution in [3.8, 4) is 11.8 Å². The number of carbonyl (C=O) groups is 2. The van der Waals surface area contributed by atoms with E-state index in [0.29, 0.717) is 6.54 Å². The van der Waals surface area contributed by atoms with E-state index in [1.165, 1.54) is 0 Å². The van der Waals surface area contributed by atoms with Gasteiger partial charge in [-0.2, -0.15) is 0 Å². The molecule has 21 heavy (non-hydrogen) atoms. The van der Waals surface area contributed by atoms with E-state index in [0.717, 1.165) is 16.5 Å². The standard InChI is InChI=1S/C13H12N2.C2H2O4/c1-14-8-2-4-11-6-7-13-12(10-11)5-3-9-15-13;3-1(4)2(5)6/h3,5-7,9-10,14H,8H2,1H3;(H,3,4)(H,5,6). The molecular weight excluding hydrogens is 272 g/mol. The molecule has 0 aliphatic rings. The molecule has 0 saturated heterocycles. The number of pyridine rings is 1. The molecule has 2 aromatic rings. The molecule has 108 valence electrons. The van der Waals surface area contributed by atoms with Crippen LogP contribution in [-0.4, -0.2) is 40.7 Å². The van der Waals surface area contributed by atoms with Gasteiger partial charge in [0, 0.05) is 17.1 Å². The minimum Gasteiger partial charge on any atom is -0.473 e. The monoisotopic (exact) mass is 286 g/mol. The number of nitrogens with one attached hydrogen (secondary N) is 1. The van der Waals surface area contributed by atoms with Gasteiger partial charge in [0.05, 0.1) is 12.1 Å². The number of fused-ring (bicyclic) bond motifs is 1. The lowest BCUT2D eigenvalue weighted by Crippen LogP contribution is -2.09. The molecular formula is C15H14N2O4. The summed E-state index contributed by atoms with van der Waals surface area (Å²) >= 11 is 0. The van der Waals surface area contributed by atoms with Gasteiger partial charge < -0.3 is 15.5 Å². The summed E-state index contributed by atoms with van der Waals surface area (Å²) in [5, 5.41) is 18.9. The van der Waals surface area contributed by atoms with Gasteiger partial charge in [0.1, 0.15) is 0 Å². The minimum absolute atomic E-state index is 0.713. The SMILES string of the molecule is CNCC#Cc1ccc2ncccc2c1.O=C(O)C(=O)O. The predicted octanol–water partition coefficient (Wildman–Crippen LogP) is 0.961. The van der Waals surface area contributed by atoms with E-state index in [2.05, 4.69) is 28.2 Å². The van der Waals surface area contributed by atoms with Gasteiger partial charge >= 0.3 is 11.9 Å². The third kappa shape index (κ3) is 5.72. The number of aliphatic carboxylic acids is 2. The summed E-state index contributed by atoms with van der Waals surface area (Å²) in [5.41, 5.74) is 2.04. The summed E-state index contributed by atoms with van der Waals surface area (Å²) in [4.78, 5) is 22.5. The highest BCUT2D eigenvalue weighted by molar-refractivity contribution is 6.27. The first-order chi connectivity index (χ1) is 10.0. The van der Waals surface area contributed by atoms with Crippen molar-refractivity contribution in [1.82, 2.24) is 10.3 Å². The number of benzene rings is 1. The van der Waals surface area contributed by atoms with Gasteiger partial charge in [-0.25, -0.2) is 9.59 Å². The third-order valence-electron chi connectivity index (χ3n) is 2.28. The van der Waals surface area contributed by atoms with Crippen molar-refractivity contribution in [2.45, 2.75) is 0 Å². The van der Waals surface area contributed by atoms with E-state index in [1.807, 2.05) is 31.3 Å². The second-order valence-electron chi connectivity index (χ2n) is 3.85. The van der Waals surface area contributed by atoms with Crippen LogP contribution in [0.25, 0.3) is 10.9 Å². The first-order valence-electron chi connectivity index (χ1n) is 5.99. The number of rotatable bonds is 1. The van der Waals surface area contributed by atoms with E-state index in [1.54, 1.807) is 6.20 Å². The van der Waals surface area contributed by atoms with Crippen LogP contribution in [0.3, 0.4) is 0 Å². The van der Waals surface area contributed by atoms with Crippen molar-refractivity contribution in [3.05, 3.63) is 42.1 Å².